The maximum atomic E-state index is 11.8. The number of carbonyl (C=O) groups is 2. The van der Waals surface area contributed by atoms with E-state index in [0.717, 1.165) is 23.2 Å². The number of aromatic nitrogens is 2. The zero-order chi connectivity index (χ0) is 16.9. The first kappa shape index (κ1) is 16.0. The van der Waals surface area contributed by atoms with E-state index in [9.17, 15) is 9.59 Å². The number of ether oxygens (including phenoxy) is 1. The standard InChI is InChI=1S/C17H19N4O3/c1-11-15(9-19-21-11)12-3-2-4-14(7-12)24-10-17(23)18-8-13-5-6-16(22)20-13/h3-4,7,9,13H,5-6,8,10H2,1H3,(H,18,23)(H,19,21)(H,20,22). The van der Waals surface area contributed by atoms with E-state index in [4.69, 9.17) is 4.74 Å². The number of nitrogens with zero attached hydrogens (tertiary/aromatic N) is 1. The Balaban J connectivity index is 1.50. The zero-order valence-electron chi connectivity index (χ0n) is 13.4. The molecule has 0 aliphatic carbocycles. The molecule has 1 saturated heterocycles. The van der Waals surface area contributed by atoms with Gasteiger partial charge in [0.05, 0.1) is 5.69 Å². The third kappa shape index (κ3) is 3.92. The molecule has 1 aliphatic rings. The number of nitrogens with one attached hydrogen (secondary N) is 3. The van der Waals surface area contributed by atoms with Crippen molar-refractivity contribution in [2.24, 2.45) is 0 Å². The first-order valence-corrected chi connectivity index (χ1v) is 7.82. The van der Waals surface area contributed by atoms with Crippen LogP contribution in [0, 0.1) is 13.0 Å². The molecular weight excluding hydrogens is 308 g/mol. The van der Waals surface area contributed by atoms with Crippen LogP contribution in [0.2, 0.25) is 0 Å². The van der Waals surface area contributed by atoms with Crippen LogP contribution in [0.3, 0.4) is 0 Å². The molecular formula is C17H19N4O3. The van der Waals surface area contributed by atoms with Crippen LogP contribution in [0.25, 0.3) is 11.1 Å². The minimum atomic E-state index is -0.221. The molecule has 1 unspecified atom stereocenters. The normalized spacial score (nSPS) is 16.7. The molecule has 2 amide bonds. The second-order valence-electron chi connectivity index (χ2n) is 5.74. The van der Waals surface area contributed by atoms with E-state index in [1.807, 2.05) is 25.3 Å². The monoisotopic (exact) mass is 327 g/mol. The van der Waals surface area contributed by atoms with Crippen molar-refractivity contribution in [1.29, 1.82) is 0 Å². The van der Waals surface area contributed by atoms with Crippen molar-refractivity contribution in [3.05, 3.63) is 36.2 Å². The molecule has 0 bridgehead atoms. The van der Waals surface area contributed by atoms with Crippen LogP contribution in [0.15, 0.2) is 24.4 Å². The molecule has 2 aromatic rings. The summed E-state index contributed by atoms with van der Waals surface area (Å²) in [6, 6.07) is 8.39. The first-order valence-electron chi connectivity index (χ1n) is 7.82. The molecule has 3 rings (SSSR count). The number of benzene rings is 1. The van der Waals surface area contributed by atoms with Gasteiger partial charge in [-0.2, -0.15) is 5.10 Å². The molecule has 1 radical (unpaired) electrons. The summed E-state index contributed by atoms with van der Waals surface area (Å²) in [6.07, 6.45) is 3.08. The van der Waals surface area contributed by atoms with Gasteiger partial charge in [-0.3, -0.25) is 14.7 Å². The van der Waals surface area contributed by atoms with Gasteiger partial charge in [0, 0.05) is 30.8 Å². The van der Waals surface area contributed by atoms with Crippen molar-refractivity contribution in [3.63, 3.8) is 0 Å². The Morgan fingerprint density at radius 3 is 3.08 bits per heavy atom. The van der Waals surface area contributed by atoms with Gasteiger partial charge in [-0.05, 0) is 43.2 Å². The average Bonchev–Trinajstić information content (AvgIpc) is 3.19. The Morgan fingerprint density at radius 1 is 1.50 bits per heavy atom. The van der Waals surface area contributed by atoms with Gasteiger partial charge < -0.3 is 15.4 Å². The van der Waals surface area contributed by atoms with Crippen LogP contribution < -0.4 is 15.4 Å². The lowest BCUT2D eigenvalue weighted by atomic mass is 10.1. The second-order valence-corrected chi connectivity index (χ2v) is 5.74. The van der Waals surface area contributed by atoms with Gasteiger partial charge in [0.25, 0.3) is 5.91 Å². The highest BCUT2D eigenvalue weighted by Gasteiger charge is 2.20. The summed E-state index contributed by atoms with van der Waals surface area (Å²) in [5, 5.41) is 12.5. The number of aryl methyl sites for hydroxylation is 1. The summed E-state index contributed by atoms with van der Waals surface area (Å²) < 4.78 is 5.52. The molecule has 1 aromatic carbocycles. The molecule has 2 heterocycles. The van der Waals surface area contributed by atoms with Crippen molar-refractivity contribution in [2.45, 2.75) is 25.8 Å². The van der Waals surface area contributed by atoms with E-state index >= 15 is 0 Å². The summed E-state index contributed by atoms with van der Waals surface area (Å²) in [6.45, 7) is 2.26. The van der Waals surface area contributed by atoms with E-state index in [1.165, 1.54) is 0 Å². The summed E-state index contributed by atoms with van der Waals surface area (Å²) >= 11 is 0. The Labute approximate surface area is 139 Å². The van der Waals surface area contributed by atoms with Gasteiger partial charge in [-0.15, -0.1) is 0 Å². The Bertz CT molecular complexity index is 741. The highest BCUT2D eigenvalue weighted by molar-refractivity contribution is 5.79. The number of carbonyl (C=O) groups excluding carboxylic acids is 2. The number of aromatic amines is 1. The fraction of sp³-hybridized carbons (Fsp3) is 0.353. The quantitative estimate of drug-likeness (QED) is 0.736. The van der Waals surface area contributed by atoms with Crippen molar-refractivity contribution in [1.82, 2.24) is 20.8 Å². The lowest BCUT2D eigenvalue weighted by Crippen LogP contribution is -2.40. The third-order valence-electron chi connectivity index (χ3n) is 3.90. The van der Waals surface area contributed by atoms with Gasteiger partial charge in [-0.1, -0.05) is 0 Å². The largest absolute Gasteiger partial charge is 0.484 e. The Morgan fingerprint density at radius 2 is 2.38 bits per heavy atom. The third-order valence-corrected chi connectivity index (χ3v) is 3.90. The van der Waals surface area contributed by atoms with Crippen LogP contribution in [0.5, 0.6) is 5.75 Å². The number of rotatable bonds is 6. The van der Waals surface area contributed by atoms with Crippen LogP contribution >= 0.6 is 0 Å². The molecule has 1 aromatic heterocycles. The predicted octanol–water partition coefficient (Wildman–Crippen LogP) is 0.959. The van der Waals surface area contributed by atoms with Gasteiger partial charge in [-0.25, -0.2) is 0 Å². The summed E-state index contributed by atoms with van der Waals surface area (Å²) in [5.41, 5.74) is 2.78. The van der Waals surface area contributed by atoms with Crippen molar-refractivity contribution in [2.75, 3.05) is 13.2 Å². The molecule has 7 nitrogen and oxygen atoms in total. The van der Waals surface area contributed by atoms with Crippen molar-refractivity contribution < 1.29 is 14.3 Å². The van der Waals surface area contributed by atoms with Gasteiger partial charge in [0.1, 0.15) is 5.75 Å². The van der Waals surface area contributed by atoms with E-state index in [2.05, 4.69) is 26.9 Å². The second kappa shape index (κ2) is 7.16. The minimum absolute atomic E-state index is 0.0159. The summed E-state index contributed by atoms with van der Waals surface area (Å²) in [7, 11) is 0. The van der Waals surface area contributed by atoms with Crippen molar-refractivity contribution >= 4 is 11.8 Å². The molecule has 1 atom stereocenters. The molecule has 0 spiro atoms. The molecule has 7 heteroatoms. The van der Waals surface area contributed by atoms with Gasteiger partial charge in [0.15, 0.2) is 6.61 Å². The van der Waals surface area contributed by atoms with E-state index in [0.29, 0.717) is 18.7 Å². The first-order chi connectivity index (χ1) is 11.6. The SMILES string of the molecule is Cc1n[nH]cc1-c1c[c]cc(OCC(=O)NCC2CCC(=O)N2)c1. The fourth-order valence-electron chi connectivity index (χ4n) is 2.61. The number of hydrogen-bond acceptors (Lipinski definition) is 4. The molecule has 1 aliphatic heterocycles. The predicted molar refractivity (Wildman–Crippen MR) is 87.3 cm³/mol. The lowest BCUT2D eigenvalue weighted by Gasteiger charge is -2.12. The topological polar surface area (TPSA) is 96.1 Å². The highest BCUT2D eigenvalue weighted by atomic mass is 16.5. The van der Waals surface area contributed by atoms with Crippen LogP contribution in [-0.4, -0.2) is 41.2 Å². The average molecular weight is 327 g/mol. The van der Waals surface area contributed by atoms with Gasteiger partial charge in [0.2, 0.25) is 5.91 Å². The smallest absolute Gasteiger partial charge is 0.258 e. The summed E-state index contributed by atoms with van der Waals surface area (Å²) in [4.78, 5) is 23.0. The van der Waals surface area contributed by atoms with E-state index in [1.54, 1.807) is 6.07 Å². The molecule has 125 valence electrons. The van der Waals surface area contributed by atoms with E-state index in [-0.39, 0.29) is 24.5 Å². The van der Waals surface area contributed by atoms with E-state index < -0.39 is 0 Å². The Kier molecular flexibility index (Phi) is 4.79. The maximum Gasteiger partial charge on any atom is 0.258 e. The number of amides is 2. The number of H-pyrrole nitrogens is 1. The van der Waals surface area contributed by atoms with Gasteiger partial charge >= 0.3 is 0 Å². The van der Waals surface area contributed by atoms with Crippen LogP contribution in [0.4, 0.5) is 0 Å². The fourth-order valence-corrected chi connectivity index (χ4v) is 2.61. The molecule has 24 heavy (non-hydrogen) atoms. The minimum Gasteiger partial charge on any atom is -0.484 e. The zero-order valence-corrected chi connectivity index (χ0v) is 13.4. The lowest BCUT2D eigenvalue weighted by molar-refractivity contribution is -0.123. The van der Waals surface area contributed by atoms with Crippen molar-refractivity contribution in [3.8, 4) is 16.9 Å². The van der Waals surface area contributed by atoms with Crippen LogP contribution in [-0.2, 0) is 9.59 Å². The maximum absolute atomic E-state index is 11.8. The highest BCUT2D eigenvalue weighted by Crippen LogP contribution is 2.25. The Hall–Kier alpha value is -2.83. The summed E-state index contributed by atoms with van der Waals surface area (Å²) in [5.74, 6) is 0.380. The molecule has 1 fully saturated rings. The van der Waals surface area contributed by atoms with Crippen LogP contribution in [0.1, 0.15) is 18.5 Å². The molecule has 3 N–H and O–H groups in total. The molecule has 0 saturated carbocycles. The number of hydrogen-bond donors (Lipinski definition) is 3.